The maximum Gasteiger partial charge on any atom is 0.0980 e. The van der Waals surface area contributed by atoms with E-state index in [9.17, 15) is 5.11 Å². The Hall–Kier alpha value is -0.620. The molecule has 1 fully saturated rings. The molecule has 0 saturated carbocycles. The number of morpholine rings is 1. The van der Waals surface area contributed by atoms with E-state index in [1.54, 1.807) is 6.92 Å². The fourth-order valence-corrected chi connectivity index (χ4v) is 2.81. The zero-order chi connectivity index (χ0) is 13.1. The van der Waals surface area contributed by atoms with Crippen molar-refractivity contribution < 1.29 is 14.9 Å². The van der Waals surface area contributed by atoms with Gasteiger partial charge >= 0.3 is 0 Å². The van der Waals surface area contributed by atoms with E-state index in [1.807, 2.05) is 18.2 Å². The highest BCUT2D eigenvalue weighted by molar-refractivity contribution is 9.10. The third-order valence-electron chi connectivity index (χ3n) is 3.14. The standard InChI is InChI=1S/C13H18BrNO3/c1-9(17)12-3-2-10(6-13(12)14)15-4-5-18-11(7-15)8-16/h2-3,6,9,11,16-17H,4-5,7-8H2,1H3. The summed E-state index contributed by atoms with van der Waals surface area (Å²) in [4.78, 5) is 2.18. The van der Waals surface area contributed by atoms with Crippen LogP contribution in [0.2, 0.25) is 0 Å². The average molecular weight is 316 g/mol. The first-order chi connectivity index (χ1) is 8.61. The zero-order valence-corrected chi connectivity index (χ0v) is 11.9. The van der Waals surface area contributed by atoms with Gasteiger partial charge in [0.2, 0.25) is 0 Å². The third kappa shape index (κ3) is 3.03. The number of benzene rings is 1. The van der Waals surface area contributed by atoms with E-state index >= 15 is 0 Å². The molecule has 0 aliphatic carbocycles. The topological polar surface area (TPSA) is 52.9 Å². The highest BCUT2D eigenvalue weighted by Crippen LogP contribution is 2.29. The Morgan fingerprint density at radius 3 is 2.94 bits per heavy atom. The lowest BCUT2D eigenvalue weighted by Crippen LogP contribution is -2.44. The summed E-state index contributed by atoms with van der Waals surface area (Å²) in [5.74, 6) is 0. The number of hydrogen-bond donors (Lipinski definition) is 2. The van der Waals surface area contributed by atoms with Crippen LogP contribution < -0.4 is 4.90 Å². The second kappa shape index (κ2) is 6.02. The fourth-order valence-electron chi connectivity index (χ4n) is 2.12. The first kappa shape index (κ1) is 13.8. The van der Waals surface area contributed by atoms with Crippen molar-refractivity contribution >= 4 is 21.6 Å². The molecule has 1 saturated heterocycles. The lowest BCUT2D eigenvalue weighted by molar-refractivity contribution is 0.00356. The van der Waals surface area contributed by atoms with Gasteiger partial charge < -0.3 is 19.8 Å². The Labute approximate surface area is 115 Å². The summed E-state index contributed by atoms with van der Waals surface area (Å²) in [6.07, 6.45) is -0.600. The first-order valence-electron chi connectivity index (χ1n) is 6.06. The molecule has 2 rings (SSSR count). The molecule has 2 atom stereocenters. The van der Waals surface area contributed by atoms with Crippen LogP contribution in [0.4, 0.5) is 5.69 Å². The van der Waals surface area contributed by atoms with Gasteiger partial charge in [-0.25, -0.2) is 0 Å². The highest BCUT2D eigenvalue weighted by Gasteiger charge is 2.20. The normalized spacial score (nSPS) is 22.0. The zero-order valence-electron chi connectivity index (χ0n) is 10.3. The van der Waals surface area contributed by atoms with Gasteiger partial charge in [0.1, 0.15) is 0 Å². The number of ether oxygens (including phenoxy) is 1. The van der Waals surface area contributed by atoms with Crippen LogP contribution in [-0.2, 0) is 4.74 Å². The van der Waals surface area contributed by atoms with Gasteiger partial charge in [-0.2, -0.15) is 0 Å². The Bertz CT molecular complexity index is 411. The predicted octanol–water partition coefficient (Wildman–Crippen LogP) is 1.70. The molecule has 0 aromatic heterocycles. The highest BCUT2D eigenvalue weighted by atomic mass is 79.9. The van der Waals surface area contributed by atoms with Crippen LogP contribution in [0.3, 0.4) is 0 Å². The molecule has 0 spiro atoms. The van der Waals surface area contributed by atoms with Crippen molar-refractivity contribution in [2.75, 3.05) is 31.2 Å². The Morgan fingerprint density at radius 2 is 2.33 bits per heavy atom. The van der Waals surface area contributed by atoms with E-state index in [0.29, 0.717) is 13.2 Å². The van der Waals surface area contributed by atoms with E-state index in [4.69, 9.17) is 9.84 Å². The molecular weight excluding hydrogens is 298 g/mol. The number of aliphatic hydroxyl groups is 2. The molecule has 5 heteroatoms. The summed E-state index contributed by atoms with van der Waals surface area (Å²) < 4.78 is 6.33. The second-order valence-electron chi connectivity index (χ2n) is 4.50. The summed E-state index contributed by atoms with van der Waals surface area (Å²) in [6, 6.07) is 5.92. The van der Waals surface area contributed by atoms with Crippen molar-refractivity contribution in [1.82, 2.24) is 0 Å². The number of nitrogens with zero attached hydrogens (tertiary/aromatic N) is 1. The van der Waals surface area contributed by atoms with Gasteiger partial charge in [-0.3, -0.25) is 0 Å². The molecule has 1 heterocycles. The van der Waals surface area contributed by atoms with Crippen molar-refractivity contribution in [2.24, 2.45) is 0 Å². The van der Waals surface area contributed by atoms with Crippen molar-refractivity contribution in [3.63, 3.8) is 0 Å². The summed E-state index contributed by atoms with van der Waals surface area (Å²) >= 11 is 3.48. The van der Waals surface area contributed by atoms with Crippen LogP contribution in [-0.4, -0.2) is 42.6 Å². The van der Waals surface area contributed by atoms with Gasteiger partial charge in [-0.15, -0.1) is 0 Å². The lowest BCUT2D eigenvalue weighted by atomic mass is 10.1. The summed E-state index contributed by atoms with van der Waals surface area (Å²) in [5, 5.41) is 18.7. The monoisotopic (exact) mass is 315 g/mol. The van der Waals surface area contributed by atoms with Gasteiger partial charge in [-0.05, 0) is 24.6 Å². The minimum Gasteiger partial charge on any atom is -0.394 e. The van der Waals surface area contributed by atoms with Gasteiger partial charge in [0.25, 0.3) is 0 Å². The molecule has 1 aromatic rings. The average Bonchev–Trinajstić information content (AvgIpc) is 2.38. The number of halogens is 1. The molecular formula is C13H18BrNO3. The molecule has 1 aliphatic heterocycles. The van der Waals surface area contributed by atoms with Crippen LogP contribution >= 0.6 is 15.9 Å². The largest absolute Gasteiger partial charge is 0.394 e. The number of anilines is 1. The summed E-state index contributed by atoms with van der Waals surface area (Å²) in [6.45, 7) is 3.93. The maximum atomic E-state index is 9.59. The molecule has 1 aromatic carbocycles. The Balaban J connectivity index is 2.16. The van der Waals surface area contributed by atoms with Gasteiger partial charge in [0.05, 0.1) is 25.4 Å². The lowest BCUT2D eigenvalue weighted by Gasteiger charge is -2.34. The SMILES string of the molecule is CC(O)c1ccc(N2CCOC(CO)C2)cc1Br. The molecule has 0 bridgehead atoms. The number of hydrogen-bond acceptors (Lipinski definition) is 4. The maximum absolute atomic E-state index is 9.59. The molecule has 18 heavy (non-hydrogen) atoms. The Morgan fingerprint density at radius 1 is 1.56 bits per heavy atom. The quantitative estimate of drug-likeness (QED) is 0.891. The number of rotatable bonds is 3. The van der Waals surface area contributed by atoms with Crippen LogP contribution in [0.1, 0.15) is 18.6 Å². The van der Waals surface area contributed by atoms with Crippen molar-refractivity contribution in [3.05, 3.63) is 28.2 Å². The van der Waals surface area contributed by atoms with Crippen LogP contribution in [0.15, 0.2) is 22.7 Å². The second-order valence-corrected chi connectivity index (χ2v) is 5.36. The predicted molar refractivity (Wildman–Crippen MR) is 73.8 cm³/mol. The van der Waals surface area contributed by atoms with E-state index in [0.717, 1.165) is 22.3 Å². The minimum atomic E-state index is -0.483. The molecule has 0 radical (unpaired) electrons. The van der Waals surface area contributed by atoms with E-state index in [2.05, 4.69) is 20.8 Å². The Kier molecular flexibility index (Phi) is 4.61. The molecule has 2 unspecified atom stereocenters. The molecule has 4 nitrogen and oxygen atoms in total. The summed E-state index contributed by atoms with van der Waals surface area (Å²) in [5.41, 5.74) is 1.96. The van der Waals surface area contributed by atoms with Gasteiger partial charge in [0.15, 0.2) is 0 Å². The van der Waals surface area contributed by atoms with Crippen molar-refractivity contribution in [1.29, 1.82) is 0 Å². The molecule has 100 valence electrons. The van der Waals surface area contributed by atoms with Gasteiger partial charge in [-0.1, -0.05) is 22.0 Å². The van der Waals surface area contributed by atoms with Crippen LogP contribution in [0, 0.1) is 0 Å². The first-order valence-corrected chi connectivity index (χ1v) is 6.86. The van der Waals surface area contributed by atoms with Crippen molar-refractivity contribution in [3.8, 4) is 0 Å². The molecule has 0 amide bonds. The van der Waals surface area contributed by atoms with E-state index in [-0.39, 0.29) is 12.7 Å². The number of aliphatic hydroxyl groups excluding tert-OH is 2. The van der Waals surface area contributed by atoms with Gasteiger partial charge in [0, 0.05) is 23.2 Å². The van der Waals surface area contributed by atoms with E-state index < -0.39 is 6.10 Å². The third-order valence-corrected chi connectivity index (χ3v) is 3.83. The smallest absolute Gasteiger partial charge is 0.0980 e. The van der Waals surface area contributed by atoms with Crippen LogP contribution in [0.25, 0.3) is 0 Å². The fraction of sp³-hybridized carbons (Fsp3) is 0.538. The molecule has 1 aliphatic rings. The van der Waals surface area contributed by atoms with Crippen LogP contribution in [0.5, 0.6) is 0 Å². The minimum absolute atomic E-state index is 0.0451. The molecule has 2 N–H and O–H groups in total. The summed E-state index contributed by atoms with van der Waals surface area (Å²) in [7, 11) is 0. The van der Waals surface area contributed by atoms with E-state index in [1.165, 1.54) is 0 Å². The van der Waals surface area contributed by atoms with Crippen molar-refractivity contribution in [2.45, 2.75) is 19.1 Å².